The number of nitrogens with zero attached hydrogens (tertiary/aromatic N) is 4. The third-order valence-electron chi connectivity index (χ3n) is 3.96. The largest absolute Gasteiger partial charge is 0.369 e. The molecule has 2 aromatic rings. The predicted molar refractivity (Wildman–Crippen MR) is 83.7 cm³/mol. The van der Waals surface area contributed by atoms with Crippen LogP contribution in [0.3, 0.4) is 0 Å². The summed E-state index contributed by atoms with van der Waals surface area (Å²) in [5.74, 6) is -0.349. The zero-order valence-electron chi connectivity index (χ0n) is 12.5. The van der Waals surface area contributed by atoms with Crippen molar-refractivity contribution in [1.82, 2.24) is 19.5 Å². The molecule has 0 aliphatic heterocycles. The number of rotatable bonds is 5. The fourth-order valence-electron chi connectivity index (χ4n) is 3.02. The Morgan fingerprint density at radius 1 is 1.50 bits per heavy atom. The van der Waals surface area contributed by atoms with Crippen molar-refractivity contribution in [2.75, 3.05) is 6.54 Å². The van der Waals surface area contributed by atoms with Gasteiger partial charge in [0.1, 0.15) is 5.01 Å². The van der Waals surface area contributed by atoms with Crippen LogP contribution >= 0.6 is 11.3 Å². The fraction of sp³-hybridized carbons (Fsp3) is 0.571. The van der Waals surface area contributed by atoms with E-state index in [0.717, 1.165) is 17.8 Å². The SMILES string of the molecule is Cc1nn2c(=O)cc(CN(CC(N)=O)C3CCCC3)nc2s1. The Balaban J connectivity index is 1.88. The molecule has 0 bridgehead atoms. The Morgan fingerprint density at radius 2 is 2.23 bits per heavy atom. The number of aromatic nitrogens is 3. The van der Waals surface area contributed by atoms with Crippen molar-refractivity contribution < 1.29 is 4.79 Å². The van der Waals surface area contributed by atoms with Crippen LogP contribution in [0, 0.1) is 6.92 Å². The van der Waals surface area contributed by atoms with Crippen molar-refractivity contribution >= 4 is 22.2 Å². The minimum atomic E-state index is -0.349. The molecule has 0 atom stereocenters. The van der Waals surface area contributed by atoms with Crippen LogP contribution in [0.5, 0.6) is 0 Å². The van der Waals surface area contributed by atoms with Gasteiger partial charge in [0.25, 0.3) is 5.56 Å². The van der Waals surface area contributed by atoms with Gasteiger partial charge in [-0.1, -0.05) is 24.2 Å². The average molecular weight is 321 g/mol. The van der Waals surface area contributed by atoms with Crippen molar-refractivity contribution in [3.63, 3.8) is 0 Å². The monoisotopic (exact) mass is 321 g/mol. The zero-order valence-corrected chi connectivity index (χ0v) is 13.3. The van der Waals surface area contributed by atoms with Crippen LogP contribution in [0.1, 0.15) is 36.4 Å². The molecule has 1 saturated carbocycles. The van der Waals surface area contributed by atoms with E-state index < -0.39 is 0 Å². The molecule has 2 N–H and O–H groups in total. The summed E-state index contributed by atoms with van der Waals surface area (Å²) in [4.78, 5) is 30.6. The molecule has 7 nitrogen and oxygen atoms in total. The van der Waals surface area contributed by atoms with Gasteiger partial charge in [-0.15, -0.1) is 0 Å². The molecule has 2 heterocycles. The maximum Gasteiger partial charge on any atom is 0.275 e. The normalized spacial score (nSPS) is 15.9. The van der Waals surface area contributed by atoms with Crippen LogP contribution in [0.2, 0.25) is 0 Å². The van der Waals surface area contributed by atoms with Gasteiger partial charge in [-0.2, -0.15) is 9.61 Å². The second-order valence-electron chi connectivity index (χ2n) is 5.71. The lowest BCUT2D eigenvalue weighted by Gasteiger charge is -2.26. The van der Waals surface area contributed by atoms with Crippen LogP contribution in [0.4, 0.5) is 0 Å². The van der Waals surface area contributed by atoms with Gasteiger partial charge in [-0.3, -0.25) is 14.5 Å². The van der Waals surface area contributed by atoms with Crippen LogP contribution in [0.25, 0.3) is 4.96 Å². The lowest BCUT2D eigenvalue weighted by Crippen LogP contribution is -2.40. The van der Waals surface area contributed by atoms with E-state index in [1.54, 1.807) is 0 Å². The van der Waals surface area contributed by atoms with E-state index in [0.29, 0.717) is 23.2 Å². The van der Waals surface area contributed by atoms with E-state index in [1.165, 1.54) is 34.8 Å². The number of carbonyl (C=O) groups excluding carboxylic acids is 1. The minimum absolute atomic E-state index is 0.185. The van der Waals surface area contributed by atoms with E-state index in [9.17, 15) is 9.59 Å². The van der Waals surface area contributed by atoms with Crippen molar-refractivity contribution in [2.45, 2.75) is 45.2 Å². The van der Waals surface area contributed by atoms with Crippen LogP contribution in [-0.4, -0.2) is 38.0 Å². The Kier molecular flexibility index (Phi) is 4.21. The third kappa shape index (κ3) is 3.17. The maximum atomic E-state index is 12.1. The Hall–Kier alpha value is -1.80. The summed E-state index contributed by atoms with van der Waals surface area (Å²) in [7, 11) is 0. The van der Waals surface area contributed by atoms with Gasteiger partial charge in [-0.25, -0.2) is 4.98 Å². The smallest absolute Gasteiger partial charge is 0.275 e. The van der Waals surface area contributed by atoms with E-state index in [4.69, 9.17) is 5.73 Å². The summed E-state index contributed by atoms with van der Waals surface area (Å²) < 4.78 is 1.32. The highest BCUT2D eigenvalue weighted by atomic mass is 32.1. The lowest BCUT2D eigenvalue weighted by atomic mass is 10.2. The first kappa shape index (κ1) is 15.1. The molecule has 0 aromatic carbocycles. The van der Waals surface area contributed by atoms with Crippen LogP contribution < -0.4 is 11.3 Å². The van der Waals surface area contributed by atoms with E-state index >= 15 is 0 Å². The molecule has 0 unspecified atom stereocenters. The second kappa shape index (κ2) is 6.13. The summed E-state index contributed by atoms with van der Waals surface area (Å²) >= 11 is 1.38. The first-order valence-electron chi connectivity index (χ1n) is 7.41. The topological polar surface area (TPSA) is 93.6 Å². The molecular formula is C14H19N5O2S. The van der Waals surface area contributed by atoms with Gasteiger partial charge in [0.05, 0.1) is 12.2 Å². The van der Waals surface area contributed by atoms with Gasteiger partial charge < -0.3 is 5.73 Å². The fourth-order valence-corrected chi connectivity index (χ4v) is 3.79. The highest BCUT2D eigenvalue weighted by Crippen LogP contribution is 2.24. The third-order valence-corrected chi connectivity index (χ3v) is 4.79. The molecule has 1 aliphatic rings. The first-order valence-corrected chi connectivity index (χ1v) is 8.23. The van der Waals surface area contributed by atoms with Crippen LogP contribution in [-0.2, 0) is 11.3 Å². The number of nitrogens with two attached hydrogens (primary N) is 1. The number of hydrogen-bond acceptors (Lipinski definition) is 6. The number of primary amides is 1. The average Bonchev–Trinajstić information content (AvgIpc) is 3.06. The highest BCUT2D eigenvalue weighted by Gasteiger charge is 2.24. The minimum Gasteiger partial charge on any atom is -0.369 e. The number of fused-ring (bicyclic) bond motifs is 1. The maximum absolute atomic E-state index is 12.1. The molecule has 1 aliphatic carbocycles. The van der Waals surface area contributed by atoms with Gasteiger partial charge >= 0.3 is 0 Å². The molecular weight excluding hydrogens is 302 g/mol. The summed E-state index contributed by atoms with van der Waals surface area (Å²) in [5.41, 5.74) is 5.85. The number of amides is 1. The van der Waals surface area contributed by atoms with Crippen LogP contribution in [0.15, 0.2) is 10.9 Å². The molecule has 118 valence electrons. The molecule has 1 amide bonds. The van der Waals surface area contributed by atoms with Crippen molar-refractivity contribution in [2.24, 2.45) is 5.73 Å². The van der Waals surface area contributed by atoms with Gasteiger partial charge in [-0.05, 0) is 19.8 Å². The molecule has 0 spiro atoms. The van der Waals surface area contributed by atoms with E-state index in [-0.39, 0.29) is 18.0 Å². The lowest BCUT2D eigenvalue weighted by molar-refractivity contribution is -0.119. The first-order chi connectivity index (χ1) is 10.5. The molecule has 1 fully saturated rings. The van der Waals surface area contributed by atoms with Gasteiger partial charge in [0.15, 0.2) is 0 Å². The molecule has 8 heteroatoms. The number of aryl methyl sites for hydroxylation is 1. The quantitative estimate of drug-likeness (QED) is 0.874. The molecule has 2 aromatic heterocycles. The highest BCUT2D eigenvalue weighted by molar-refractivity contribution is 7.16. The Bertz CT molecular complexity index is 747. The second-order valence-corrected chi connectivity index (χ2v) is 6.87. The van der Waals surface area contributed by atoms with Crippen molar-refractivity contribution in [1.29, 1.82) is 0 Å². The number of hydrogen-bond donors (Lipinski definition) is 1. The molecule has 0 radical (unpaired) electrons. The van der Waals surface area contributed by atoms with Gasteiger partial charge in [0.2, 0.25) is 10.9 Å². The van der Waals surface area contributed by atoms with E-state index in [1.807, 2.05) is 11.8 Å². The van der Waals surface area contributed by atoms with Crippen molar-refractivity contribution in [3.8, 4) is 0 Å². The summed E-state index contributed by atoms with van der Waals surface area (Å²) in [6.45, 7) is 2.51. The summed E-state index contributed by atoms with van der Waals surface area (Å²) in [5, 5.41) is 4.93. The Morgan fingerprint density at radius 3 is 2.91 bits per heavy atom. The molecule has 22 heavy (non-hydrogen) atoms. The van der Waals surface area contributed by atoms with Crippen molar-refractivity contribution in [3.05, 3.63) is 27.1 Å². The summed E-state index contributed by atoms with van der Waals surface area (Å²) in [6, 6.07) is 1.84. The summed E-state index contributed by atoms with van der Waals surface area (Å²) in [6.07, 6.45) is 4.47. The van der Waals surface area contributed by atoms with Gasteiger partial charge in [0, 0.05) is 18.7 Å². The Labute approximate surface area is 131 Å². The predicted octanol–water partition coefficient (Wildman–Crippen LogP) is 0.689. The molecule has 3 rings (SSSR count). The number of carbonyl (C=O) groups is 1. The van der Waals surface area contributed by atoms with E-state index in [2.05, 4.69) is 10.1 Å². The zero-order chi connectivity index (χ0) is 15.7. The molecule has 0 saturated heterocycles. The standard InChI is InChI=1S/C14H19N5O2S/c1-9-17-19-13(21)6-10(16-14(19)22-9)7-18(8-12(15)20)11-4-2-3-5-11/h6,11H,2-5,7-8H2,1H3,(H2,15,20).